The van der Waals surface area contributed by atoms with E-state index in [0.717, 1.165) is 16.7 Å². The lowest BCUT2D eigenvalue weighted by Crippen LogP contribution is -1.92. The summed E-state index contributed by atoms with van der Waals surface area (Å²) in [6, 6.07) is 13.5. The fourth-order valence-corrected chi connectivity index (χ4v) is 2.32. The van der Waals surface area contributed by atoms with Crippen LogP contribution in [0.5, 0.6) is 11.5 Å². The molecule has 104 valence electrons. The average molecular weight is 298 g/mol. The van der Waals surface area contributed by atoms with Gasteiger partial charge in [0.2, 0.25) is 6.79 Å². The SMILES string of the molecule is Cc1ccc(/C(C#N)=C/c2cc3c(cc2Cl)OCO3)cc1. The summed E-state index contributed by atoms with van der Waals surface area (Å²) in [6.07, 6.45) is 1.76. The molecule has 0 radical (unpaired) electrons. The number of aryl methyl sites for hydroxylation is 1. The molecule has 0 saturated carbocycles. The second-order valence-electron chi connectivity index (χ2n) is 4.76. The fraction of sp³-hybridized carbons (Fsp3) is 0.118. The van der Waals surface area contributed by atoms with Crippen LogP contribution in [0.1, 0.15) is 16.7 Å². The van der Waals surface area contributed by atoms with Gasteiger partial charge in [-0.25, -0.2) is 0 Å². The summed E-state index contributed by atoms with van der Waals surface area (Å²) >= 11 is 6.23. The van der Waals surface area contributed by atoms with Crippen LogP contribution in [0.2, 0.25) is 5.02 Å². The van der Waals surface area contributed by atoms with E-state index in [9.17, 15) is 5.26 Å². The van der Waals surface area contributed by atoms with Gasteiger partial charge in [0.05, 0.1) is 16.7 Å². The molecule has 1 aliphatic heterocycles. The van der Waals surface area contributed by atoms with Crippen molar-refractivity contribution in [2.45, 2.75) is 6.92 Å². The zero-order valence-electron chi connectivity index (χ0n) is 11.4. The Morgan fingerprint density at radius 2 is 1.86 bits per heavy atom. The Bertz CT molecular complexity index is 758. The molecule has 4 heteroatoms. The Morgan fingerprint density at radius 3 is 2.52 bits per heavy atom. The lowest BCUT2D eigenvalue weighted by Gasteiger charge is -2.04. The van der Waals surface area contributed by atoms with Crippen molar-refractivity contribution in [2.75, 3.05) is 6.79 Å². The molecule has 0 amide bonds. The summed E-state index contributed by atoms with van der Waals surface area (Å²) in [5.74, 6) is 1.28. The van der Waals surface area contributed by atoms with Crippen LogP contribution >= 0.6 is 11.6 Å². The first-order valence-corrected chi connectivity index (χ1v) is 6.83. The minimum absolute atomic E-state index is 0.196. The maximum absolute atomic E-state index is 9.38. The van der Waals surface area contributed by atoms with Crippen LogP contribution in [-0.2, 0) is 0 Å². The van der Waals surface area contributed by atoms with Gasteiger partial charge in [0.15, 0.2) is 11.5 Å². The highest BCUT2D eigenvalue weighted by molar-refractivity contribution is 6.32. The normalized spacial score (nSPS) is 13.1. The molecule has 21 heavy (non-hydrogen) atoms. The summed E-state index contributed by atoms with van der Waals surface area (Å²) in [6.45, 7) is 2.20. The van der Waals surface area contributed by atoms with Gasteiger partial charge in [-0.1, -0.05) is 41.4 Å². The standard InChI is InChI=1S/C17H12ClNO2/c1-11-2-4-12(5-3-11)14(9-19)6-13-7-16-17(8-15(13)18)21-10-20-16/h2-8H,10H2,1H3/b14-6+. The number of fused-ring (bicyclic) bond motifs is 1. The van der Waals surface area contributed by atoms with Gasteiger partial charge >= 0.3 is 0 Å². The lowest BCUT2D eigenvalue weighted by molar-refractivity contribution is 0.174. The van der Waals surface area contributed by atoms with Gasteiger partial charge in [0.25, 0.3) is 0 Å². The highest BCUT2D eigenvalue weighted by atomic mass is 35.5. The first-order valence-electron chi connectivity index (χ1n) is 6.45. The maximum Gasteiger partial charge on any atom is 0.231 e. The van der Waals surface area contributed by atoms with E-state index in [2.05, 4.69) is 6.07 Å². The number of halogens is 1. The van der Waals surface area contributed by atoms with E-state index in [-0.39, 0.29) is 6.79 Å². The van der Waals surface area contributed by atoms with Crippen molar-refractivity contribution in [3.63, 3.8) is 0 Å². The Morgan fingerprint density at radius 1 is 1.19 bits per heavy atom. The Labute approximate surface area is 128 Å². The van der Waals surface area contributed by atoms with Crippen LogP contribution in [-0.4, -0.2) is 6.79 Å². The monoisotopic (exact) mass is 297 g/mol. The van der Waals surface area contributed by atoms with Crippen LogP contribution in [0.15, 0.2) is 36.4 Å². The smallest absolute Gasteiger partial charge is 0.231 e. The number of rotatable bonds is 2. The third-order valence-corrected chi connectivity index (χ3v) is 3.60. The summed E-state index contributed by atoms with van der Waals surface area (Å²) in [5, 5.41) is 9.90. The van der Waals surface area contributed by atoms with Gasteiger partial charge in [0, 0.05) is 6.07 Å². The first kappa shape index (κ1) is 13.5. The molecule has 0 atom stereocenters. The molecule has 0 fully saturated rings. The molecule has 2 aromatic rings. The highest BCUT2D eigenvalue weighted by Crippen LogP contribution is 2.38. The number of hydrogen-bond acceptors (Lipinski definition) is 3. The number of allylic oxidation sites excluding steroid dienone is 1. The average Bonchev–Trinajstić information content (AvgIpc) is 2.93. The predicted octanol–water partition coefficient (Wildman–Crippen LogP) is 4.44. The van der Waals surface area contributed by atoms with Crippen LogP contribution < -0.4 is 9.47 Å². The molecule has 2 aromatic carbocycles. The molecule has 0 aliphatic carbocycles. The largest absolute Gasteiger partial charge is 0.454 e. The summed E-state index contributed by atoms with van der Waals surface area (Å²) in [7, 11) is 0. The molecule has 1 aliphatic rings. The molecule has 0 bridgehead atoms. The number of nitrogens with zero attached hydrogens (tertiary/aromatic N) is 1. The minimum Gasteiger partial charge on any atom is -0.454 e. The van der Waals surface area contributed by atoms with E-state index in [1.165, 1.54) is 0 Å². The van der Waals surface area contributed by atoms with Crippen LogP contribution in [0.4, 0.5) is 0 Å². The number of hydrogen-bond donors (Lipinski definition) is 0. The zero-order valence-corrected chi connectivity index (χ0v) is 12.1. The third-order valence-electron chi connectivity index (χ3n) is 3.27. The Balaban J connectivity index is 2.03. The molecule has 3 nitrogen and oxygen atoms in total. The zero-order chi connectivity index (χ0) is 14.8. The number of benzene rings is 2. The van der Waals surface area contributed by atoms with Crippen molar-refractivity contribution in [2.24, 2.45) is 0 Å². The van der Waals surface area contributed by atoms with Crippen molar-refractivity contribution in [1.29, 1.82) is 5.26 Å². The lowest BCUT2D eigenvalue weighted by atomic mass is 10.0. The maximum atomic E-state index is 9.38. The minimum atomic E-state index is 0.196. The van der Waals surface area contributed by atoms with E-state index < -0.39 is 0 Å². The summed E-state index contributed by atoms with van der Waals surface area (Å²) in [4.78, 5) is 0. The quantitative estimate of drug-likeness (QED) is 0.608. The molecule has 0 aromatic heterocycles. The van der Waals surface area contributed by atoms with E-state index in [1.54, 1.807) is 18.2 Å². The van der Waals surface area contributed by atoms with Crippen molar-refractivity contribution in [1.82, 2.24) is 0 Å². The van der Waals surface area contributed by atoms with E-state index in [0.29, 0.717) is 22.1 Å². The van der Waals surface area contributed by atoms with E-state index in [1.807, 2.05) is 31.2 Å². The molecule has 0 unspecified atom stereocenters. The van der Waals surface area contributed by atoms with Gasteiger partial charge in [0.1, 0.15) is 0 Å². The topological polar surface area (TPSA) is 42.2 Å². The molecular weight excluding hydrogens is 286 g/mol. The third kappa shape index (κ3) is 2.72. The highest BCUT2D eigenvalue weighted by Gasteiger charge is 2.16. The van der Waals surface area contributed by atoms with Crippen LogP contribution in [0.25, 0.3) is 11.6 Å². The van der Waals surface area contributed by atoms with Gasteiger partial charge < -0.3 is 9.47 Å². The molecule has 1 heterocycles. The van der Waals surface area contributed by atoms with Crippen LogP contribution in [0.3, 0.4) is 0 Å². The molecule has 3 rings (SSSR count). The number of ether oxygens (including phenoxy) is 2. The van der Waals surface area contributed by atoms with Crippen molar-refractivity contribution >= 4 is 23.3 Å². The molecular formula is C17H12ClNO2. The fourth-order valence-electron chi connectivity index (χ4n) is 2.11. The Kier molecular flexibility index (Phi) is 3.55. The van der Waals surface area contributed by atoms with Crippen molar-refractivity contribution in [3.05, 3.63) is 58.1 Å². The first-order chi connectivity index (χ1) is 10.2. The molecule has 0 spiro atoms. The van der Waals surface area contributed by atoms with Gasteiger partial charge in [-0.05, 0) is 30.2 Å². The molecule has 0 saturated heterocycles. The van der Waals surface area contributed by atoms with E-state index >= 15 is 0 Å². The van der Waals surface area contributed by atoms with Gasteiger partial charge in [-0.3, -0.25) is 0 Å². The Hall–Kier alpha value is -2.44. The van der Waals surface area contributed by atoms with E-state index in [4.69, 9.17) is 21.1 Å². The van der Waals surface area contributed by atoms with Crippen LogP contribution in [0, 0.1) is 18.3 Å². The number of nitriles is 1. The summed E-state index contributed by atoms with van der Waals surface area (Å²) < 4.78 is 10.6. The second-order valence-corrected chi connectivity index (χ2v) is 5.17. The van der Waals surface area contributed by atoms with Crippen molar-refractivity contribution < 1.29 is 9.47 Å². The van der Waals surface area contributed by atoms with Gasteiger partial charge in [-0.2, -0.15) is 5.26 Å². The predicted molar refractivity (Wildman–Crippen MR) is 82.2 cm³/mol. The molecule has 0 N–H and O–H groups in total. The van der Waals surface area contributed by atoms with Crippen molar-refractivity contribution in [3.8, 4) is 17.6 Å². The van der Waals surface area contributed by atoms with Gasteiger partial charge in [-0.15, -0.1) is 0 Å². The second kappa shape index (κ2) is 5.51. The summed E-state index contributed by atoms with van der Waals surface area (Å²) in [5.41, 5.74) is 3.29.